The molecule has 0 aliphatic carbocycles. The van der Waals surface area contributed by atoms with Crippen LogP contribution < -0.4 is 10.1 Å². The summed E-state index contributed by atoms with van der Waals surface area (Å²) in [4.78, 5) is 22.9. The number of pyridine rings is 1. The smallest absolute Gasteiger partial charge is 0.272 e. The molecule has 0 atom stereocenters. The predicted octanol–water partition coefficient (Wildman–Crippen LogP) is 5.13. The Hall–Kier alpha value is -3.94. The van der Waals surface area contributed by atoms with Crippen molar-refractivity contribution in [1.82, 2.24) is 19.4 Å². The normalized spacial score (nSPS) is 10.9. The molecule has 8 heteroatoms. The molecule has 2 aromatic heterocycles. The zero-order valence-electron chi connectivity index (χ0n) is 18.2. The minimum absolute atomic E-state index is 0.152. The molecule has 0 spiro atoms. The molecule has 1 N–H and O–H groups in total. The van der Waals surface area contributed by atoms with Gasteiger partial charge in [-0.25, -0.2) is 9.37 Å². The lowest BCUT2D eigenvalue weighted by Crippen LogP contribution is -2.28. The van der Waals surface area contributed by atoms with Crippen molar-refractivity contribution < 1.29 is 13.9 Å². The van der Waals surface area contributed by atoms with Crippen molar-refractivity contribution in [3.05, 3.63) is 72.3 Å². The van der Waals surface area contributed by atoms with E-state index in [0.29, 0.717) is 40.9 Å². The van der Waals surface area contributed by atoms with E-state index >= 15 is 0 Å². The fourth-order valence-corrected chi connectivity index (χ4v) is 3.40. The molecular formula is C24H24FN5O2. The maximum absolute atomic E-state index is 14.0. The number of carbonyl (C=O) groups excluding carboxylic acids is 1. The van der Waals surface area contributed by atoms with Crippen LogP contribution in [0.25, 0.3) is 11.0 Å². The molecule has 0 fully saturated rings. The summed E-state index contributed by atoms with van der Waals surface area (Å²) in [7, 11) is 3.61. The van der Waals surface area contributed by atoms with Gasteiger partial charge in [-0.2, -0.15) is 0 Å². The molecule has 164 valence electrons. The molecule has 0 unspecified atom stereocenters. The number of carbonyl (C=O) groups is 1. The number of halogens is 1. The largest absolute Gasteiger partial charge is 0.457 e. The molecule has 0 aliphatic rings. The second-order valence-electron chi connectivity index (χ2n) is 7.46. The third-order valence-electron chi connectivity index (χ3n) is 5.06. The second-order valence-corrected chi connectivity index (χ2v) is 7.46. The van der Waals surface area contributed by atoms with Gasteiger partial charge in [-0.3, -0.25) is 9.78 Å². The number of nitrogens with zero attached hydrogens (tertiary/aromatic N) is 4. The highest BCUT2D eigenvalue weighted by Gasteiger charge is 2.14. The van der Waals surface area contributed by atoms with Gasteiger partial charge in [-0.1, -0.05) is 19.1 Å². The summed E-state index contributed by atoms with van der Waals surface area (Å²) in [5.74, 6) is 1.09. The number of fused-ring (bicyclic) bond motifs is 1. The lowest BCUT2D eigenvalue weighted by atomic mass is 10.2. The van der Waals surface area contributed by atoms with Crippen LogP contribution in [0.5, 0.6) is 11.5 Å². The summed E-state index contributed by atoms with van der Waals surface area (Å²) in [6.45, 7) is 2.67. The van der Waals surface area contributed by atoms with E-state index in [1.165, 1.54) is 6.07 Å². The first-order valence-electron chi connectivity index (χ1n) is 10.3. The highest BCUT2D eigenvalue weighted by atomic mass is 19.1. The van der Waals surface area contributed by atoms with Crippen LogP contribution in [0.15, 0.2) is 60.8 Å². The molecule has 0 bridgehead atoms. The van der Waals surface area contributed by atoms with Gasteiger partial charge < -0.3 is 19.5 Å². The third kappa shape index (κ3) is 4.39. The van der Waals surface area contributed by atoms with E-state index in [1.54, 1.807) is 54.5 Å². The highest BCUT2D eigenvalue weighted by molar-refractivity contribution is 5.92. The highest BCUT2D eigenvalue weighted by Crippen LogP contribution is 2.28. The topological polar surface area (TPSA) is 72.3 Å². The van der Waals surface area contributed by atoms with Gasteiger partial charge in [0.15, 0.2) is 0 Å². The maximum atomic E-state index is 14.0. The Balaban J connectivity index is 1.57. The van der Waals surface area contributed by atoms with Gasteiger partial charge in [0.2, 0.25) is 5.95 Å². The first-order valence-corrected chi connectivity index (χ1v) is 10.3. The first kappa shape index (κ1) is 21.3. The lowest BCUT2D eigenvalue weighted by molar-refractivity contribution is 0.0789. The number of imidazole rings is 1. The number of aryl methyl sites for hydroxylation is 1. The number of amides is 1. The van der Waals surface area contributed by atoms with Crippen molar-refractivity contribution in [2.24, 2.45) is 7.05 Å². The Labute approximate surface area is 185 Å². The fraction of sp³-hybridized carbons (Fsp3) is 0.208. The number of aromatic nitrogens is 3. The van der Waals surface area contributed by atoms with Crippen molar-refractivity contribution in [3.63, 3.8) is 0 Å². The minimum atomic E-state index is -0.351. The van der Waals surface area contributed by atoms with Gasteiger partial charge in [-0.05, 0) is 36.8 Å². The molecule has 0 saturated carbocycles. The van der Waals surface area contributed by atoms with Gasteiger partial charge in [0.05, 0.1) is 16.7 Å². The Bertz CT molecular complexity index is 1270. The maximum Gasteiger partial charge on any atom is 0.272 e. The number of ether oxygens (including phenoxy) is 1. The lowest BCUT2D eigenvalue weighted by Gasteiger charge is -2.15. The van der Waals surface area contributed by atoms with Crippen LogP contribution in [0, 0.1) is 5.82 Å². The molecule has 4 aromatic rings. The Morgan fingerprint density at radius 2 is 1.94 bits per heavy atom. The molecule has 2 aromatic carbocycles. The number of anilines is 2. The Morgan fingerprint density at radius 3 is 2.72 bits per heavy atom. The van der Waals surface area contributed by atoms with Crippen LogP contribution in [0.4, 0.5) is 16.0 Å². The van der Waals surface area contributed by atoms with Crippen molar-refractivity contribution >= 4 is 28.6 Å². The van der Waals surface area contributed by atoms with Crippen molar-refractivity contribution in [3.8, 4) is 11.5 Å². The van der Waals surface area contributed by atoms with E-state index in [0.717, 1.165) is 11.9 Å². The SMILES string of the molecule is CCCN(C)C(=O)c1cc(Oc2ccc3c(c2)nc(Nc2ccccc2F)n3C)ccn1. The van der Waals surface area contributed by atoms with Crippen LogP contribution in [-0.4, -0.2) is 38.9 Å². The van der Waals surface area contributed by atoms with Crippen LogP contribution in [0.3, 0.4) is 0 Å². The Kier molecular flexibility index (Phi) is 6.02. The van der Waals surface area contributed by atoms with E-state index in [4.69, 9.17) is 4.74 Å². The number of rotatable bonds is 7. The van der Waals surface area contributed by atoms with Gasteiger partial charge in [0, 0.05) is 39.0 Å². The summed E-state index contributed by atoms with van der Waals surface area (Å²) >= 11 is 0. The molecular weight excluding hydrogens is 409 g/mol. The molecule has 7 nitrogen and oxygen atoms in total. The summed E-state index contributed by atoms with van der Waals surface area (Å²) in [5, 5.41) is 3.03. The van der Waals surface area contributed by atoms with E-state index in [-0.39, 0.29) is 11.7 Å². The van der Waals surface area contributed by atoms with Crippen LogP contribution >= 0.6 is 0 Å². The number of nitrogens with one attached hydrogen (secondary N) is 1. The van der Waals surface area contributed by atoms with E-state index in [1.807, 2.05) is 30.7 Å². The van der Waals surface area contributed by atoms with Gasteiger partial charge >= 0.3 is 0 Å². The van der Waals surface area contributed by atoms with Crippen LogP contribution in [-0.2, 0) is 7.05 Å². The van der Waals surface area contributed by atoms with E-state index < -0.39 is 0 Å². The zero-order chi connectivity index (χ0) is 22.7. The summed E-state index contributed by atoms with van der Waals surface area (Å²) < 4.78 is 21.8. The van der Waals surface area contributed by atoms with Crippen molar-refractivity contribution in [2.45, 2.75) is 13.3 Å². The van der Waals surface area contributed by atoms with Gasteiger partial charge in [-0.15, -0.1) is 0 Å². The summed E-state index contributed by atoms with van der Waals surface area (Å²) in [6, 6.07) is 15.3. The van der Waals surface area contributed by atoms with Gasteiger partial charge in [0.25, 0.3) is 5.91 Å². The summed E-state index contributed by atoms with van der Waals surface area (Å²) in [6.07, 6.45) is 2.42. The number of benzene rings is 2. The first-order chi connectivity index (χ1) is 15.5. The van der Waals surface area contributed by atoms with Crippen LogP contribution in [0.2, 0.25) is 0 Å². The molecule has 32 heavy (non-hydrogen) atoms. The number of para-hydroxylation sites is 1. The average molecular weight is 433 g/mol. The molecule has 0 radical (unpaired) electrons. The second kappa shape index (κ2) is 9.05. The van der Waals surface area contributed by atoms with Crippen molar-refractivity contribution in [2.75, 3.05) is 18.9 Å². The van der Waals surface area contributed by atoms with E-state index in [9.17, 15) is 9.18 Å². The van der Waals surface area contributed by atoms with Crippen LogP contribution in [0.1, 0.15) is 23.8 Å². The molecule has 2 heterocycles. The predicted molar refractivity (Wildman–Crippen MR) is 122 cm³/mol. The molecule has 4 rings (SSSR count). The van der Waals surface area contributed by atoms with Gasteiger partial charge in [0.1, 0.15) is 23.0 Å². The molecule has 1 amide bonds. The fourth-order valence-electron chi connectivity index (χ4n) is 3.40. The molecule has 0 saturated heterocycles. The zero-order valence-corrected chi connectivity index (χ0v) is 18.2. The summed E-state index contributed by atoms with van der Waals surface area (Å²) in [5.41, 5.74) is 2.23. The third-order valence-corrected chi connectivity index (χ3v) is 5.06. The quantitative estimate of drug-likeness (QED) is 0.438. The van der Waals surface area contributed by atoms with E-state index in [2.05, 4.69) is 15.3 Å². The standard InChI is InChI=1S/C24H24FN5O2/c1-4-13-29(2)23(31)21-15-17(11-12-26-21)32-16-9-10-22-20(14-16)28-24(30(22)3)27-19-8-6-5-7-18(19)25/h5-12,14-15H,4,13H2,1-3H3,(H,27,28). The molecule has 0 aliphatic heterocycles. The van der Waals surface area contributed by atoms with Crippen molar-refractivity contribution in [1.29, 1.82) is 0 Å². The monoisotopic (exact) mass is 433 g/mol. The number of hydrogen-bond acceptors (Lipinski definition) is 5. The number of hydrogen-bond donors (Lipinski definition) is 1. The minimum Gasteiger partial charge on any atom is -0.457 e. The average Bonchev–Trinajstić information content (AvgIpc) is 3.09. The Morgan fingerprint density at radius 1 is 1.16 bits per heavy atom.